The summed E-state index contributed by atoms with van der Waals surface area (Å²) < 4.78 is 0. The lowest BCUT2D eigenvalue weighted by Crippen LogP contribution is -2.56. The van der Waals surface area contributed by atoms with Gasteiger partial charge in [0.05, 0.1) is 0 Å². The third-order valence-corrected chi connectivity index (χ3v) is 6.77. The first-order chi connectivity index (χ1) is 12.7. The number of rotatable bonds is 3. The van der Waals surface area contributed by atoms with Crippen molar-refractivity contribution in [3.63, 3.8) is 0 Å². The lowest BCUT2D eigenvalue weighted by Gasteiger charge is -2.54. The van der Waals surface area contributed by atoms with Gasteiger partial charge in [0.1, 0.15) is 0 Å². The third kappa shape index (κ3) is 3.00. The highest BCUT2D eigenvalue weighted by atomic mass is 16.2. The van der Waals surface area contributed by atoms with Gasteiger partial charge in [-0.25, -0.2) is 4.79 Å². The first-order valence-electron chi connectivity index (χ1n) is 9.97. The molecule has 3 heteroatoms. The van der Waals surface area contributed by atoms with Gasteiger partial charge >= 0.3 is 6.03 Å². The fourth-order valence-electron chi connectivity index (χ4n) is 5.86. The smallest absolute Gasteiger partial charge is 0.319 e. The van der Waals surface area contributed by atoms with Crippen molar-refractivity contribution < 1.29 is 4.79 Å². The number of amides is 2. The first-order valence-corrected chi connectivity index (χ1v) is 9.97. The first kappa shape index (κ1) is 15.9. The van der Waals surface area contributed by atoms with Crippen LogP contribution in [-0.2, 0) is 0 Å². The van der Waals surface area contributed by atoms with Gasteiger partial charge in [-0.3, -0.25) is 0 Å². The van der Waals surface area contributed by atoms with Crippen molar-refractivity contribution in [2.45, 2.75) is 38.1 Å². The summed E-state index contributed by atoms with van der Waals surface area (Å²) in [6, 6.07) is 18.7. The zero-order chi connectivity index (χ0) is 17.5. The number of hydrogen-bond donors (Lipinski definition) is 2. The van der Waals surface area contributed by atoms with Gasteiger partial charge in [0.2, 0.25) is 0 Å². The van der Waals surface area contributed by atoms with Crippen LogP contribution in [0.2, 0.25) is 0 Å². The lowest BCUT2D eigenvalue weighted by molar-refractivity contribution is -0.00883. The molecule has 2 aromatic rings. The summed E-state index contributed by atoms with van der Waals surface area (Å²) in [5.41, 5.74) is 3.21. The number of carbonyl (C=O) groups is 1. The number of hydrogen-bond acceptors (Lipinski definition) is 1. The molecule has 4 bridgehead atoms. The summed E-state index contributed by atoms with van der Waals surface area (Å²) in [5.74, 6) is 3.28. The Kier molecular flexibility index (Phi) is 3.96. The number of carbonyl (C=O) groups excluding carboxylic acids is 1. The molecule has 0 unspecified atom stereocenters. The van der Waals surface area contributed by atoms with E-state index in [1.54, 1.807) is 0 Å². The van der Waals surface area contributed by atoms with Gasteiger partial charge < -0.3 is 10.6 Å². The van der Waals surface area contributed by atoms with Crippen LogP contribution in [0.4, 0.5) is 10.5 Å². The molecule has 0 spiro atoms. The Morgan fingerprint density at radius 2 is 1.31 bits per heavy atom. The quantitative estimate of drug-likeness (QED) is 0.778. The molecule has 6 rings (SSSR count). The maximum absolute atomic E-state index is 12.5. The van der Waals surface area contributed by atoms with E-state index in [9.17, 15) is 4.79 Å². The molecule has 0 aliphatic heterocycles. The van der Waals surface area contributed by atoms with E-state index in [4.69, 9.17) is 0 Å². The molecule has 2 amide bonds. The molecule has 2 N–H and O–H groups in total. The second-order valence-corrected chi connectivity index (χ2v) is 8.50. The van der Waals surface area contributed by atoms with Crippen LogP contribution in [0.25, 0.3) is 11.1 Å². The Bertz CT molecular complexity index is 756. The van der Waals surface area contributed by atoms with Gasteiger partial charge in [0, 0.05) is 11.7 Å². The molecule has 0 aromatic heterocycles. The van der Waals surface area contributed by atoms with Gasteiger partial charge in [-0.15, -0.1) is 0 Å². The lowest BCUT2D eigenvalue weighted by atomic mass is 9.54. The van der Waals surface area contributed by atoms with Crippen LogP contribution < -0.4 is 10.6 Å². The van der Waals surface area contributed by atoms with E-state index >= 15 is 0 Å². The van der Waals surface area contributed by atoms with E-state index in [-0.39, 0.29) is 6.03 Å². The average Bonchev–Trinajstić information content (AvgIpc) is 2.65. The van der Waals surface area contributed by atoms with E-state index in [0.29, 0.717) is 17.9 Å². The molecule has 3 nitrogen and oxygen atoms in total. The maximum Gasteiger partial charge on any atom is 0.319 e. The van der Waals surface area contributed by atoms with Crippen molar-refractivity contribution in [1.82, 2.24) is 5.32 Å². The summed E-state index contributed by atoms with van der Waals surface area (Å²) in [5, 5.41) is 6.34. The van der Waals surface area contributed by atoms with Gasteiger partial charge in [-0.2, -0.15) is 0 Å². The highest BCUT2D eigenvalue weighted by Crippen LogP contribution is 2.53. The van der Waals surface area contributed by atoms with Gasteiger partial charge in [0.15, 0.2) is 0 Å². The predicted octanol–water partition coefficient (Wildman–Crippen LogP) is 5.30. The summed E-state index contributed by atoms with van der Waals surface area (Å²) in [4.78, 5) is 12.5. The molecule has 0 atom stereocenters. The molecule has 4 saturated carbocycles. The monoisotopic (exact) mass is 346 g/mol. The number of urea groups is 1. The minimum atomic E-state index is -0.0464. The van der Waals surface area contributed by atoms with E-state index in [0.717, 1.165) is 23.1 Å². The van der Waals surface area contributed by atoms with E-state index in [2.05, 4.69) is 34.9 Å². The van der Waals surface area contributed by atoms with Crippen LogP contribution in [-0.4, -0.2) is 12.1 Å². The molecule has 0 radical (unpaired) electrons. The molecule has 0 heterocycles. The van der Waals surface area contributed by atoms with Crippen LogP contribution >= 0.6 is 0 Å². The molecule has 0 saturated heterocycles. The van der Waals surface area contributed by atoms with Crippen LogP contribution in [0.5, 0.6) is 0 Å². The third-order valence-electron chi connectivity index (χ3n) is 6.77. The van der Waals surface area contributed by atoms with Gasteiger partial charge in [0.25, 0.3) is 0 Å². The minimum absolute atomic E-state index is 0.0464. The Labute approximate surface area is 155 Å². The fraction of sp³-hybridized carbons (Fsp3) is 0.435. The second-order valence-electron chi connectivity index (χ2n) is 8.50. The molecule has 4 aliphatic rings. The summed E-state index contributed by atoms with van der Waals surface area (Å²) >= 11 is 0. The molecular formula is C23H26N2O. The van der Waals surface area contributed by atoms with Crippen LogP contribution in [0, 0.1) is 23.7 Å². The molecule has 4 aliphatic carbocycles. The van der Waals surface area contributed by atoms with E-state index in [1.807, 2.05) is 30.3 Å². The fourth-order valence-corrected chi connectivity index (χ4v) is 5.86. The van der Waals surface area contributed by atoms with Crippen LogP contribution in [0.3, 0.4) is 0 Å². The van der Waals surface area contributed by atoms with Crippen molar-refractivity contribution in [1.29, 1.82) is 0 Å². The number of nitrogens with one attached hydrogen (secondary N) is 2. The largest absolute Gasteiger partial charge is 0.335 e. The Morgan fingerprint density at radius 1 is 0.731 bits per heavy atom. The van der Waals surface area contributed by atoms with Crippen molar-refractivity contribution in [3.8, 4) is 11.1 Å². The summed E-state index contributed by atoms with van der Waals surface area (Å²) in [6.07, 6.45) is 6.74. The topological polar surface area (TPSA) is 41.1 Å². The van der Waals surface area contributed by atoms with E-state index in [1.165, 1.54) is 37.7 Å². The molecular weight excluding hydrogens is 320 g/mol. The maximum atomic E-state index is 12.5. The van der Waals surface area contributed by atoms with E-state index < -0.39 is 0 Å². The van der Waals surface area contributed by atoms with Crippen LogP contribution in [0.15, 0.2) is 54.6 Å². The van der Waals surface area contributed by atoms with Crippen molar-refractivity contribution in [2.24, 2.45) is 23.7 Å². The standard InChI is InChI=1S/C23H26N2O/c26-23(25-22-19-11-15-10-16(13-19)14-20(22)12-15)24-21-8-6-18(7-9-21)17-4-2-1-3-5-17/h1-9,15-16,19-20,22H,10-14H2,(H2,24,25,26). The highest BCUT2D eigenvalue weighted by molar-refractivity contribution is 5.89. The molecule has 134 valence electrons. The second kappa shape index (κ2) is 6.46. The number of benzene rings is 2. The molecule has 26 heavy (non-hydrogen) atoms. The normalized spacial score (nSPS) is 31.6. The van der Waals surface area contributed by atoms with Crippen molar-refractivity contribution >= 4 is 11.7 Å². The molecule has 2 aromatic carbocycles. The molecule has 4 fully saturated rings. The Morgan fingerprint density at radius 3 is 1.92 bits per heavy atom. The van der Waals surface area contributed by atoms with Crippen molar-refractivity contribution in [3.05, 3.63) is 54.6 Å². The highest BCUT2D eigenvalue weighted by Gasteiger charge is 2.48. The minimum Gasteiger partial charge on any atom is -0.335 e. The summed E-state index contributed by atoms with van der Waals surface area (Å²) in [6.45, 7) is 0. The zero-order valence-electron chi connectivity index (χ0n) is 15.0. The summed E-state index contributed by atoms with van der Waals surface area (Å²) in [7, 11) is 0. The van der Waals surface area contributed by atoms with Crippen molar-refractivity contribution in [2.75, 3.05) is 5.32 Å². The predicted molar refractivity (Wildman–Crippen MR) is 105 cm³/mol. The SMILES string of the molecule is O=C(Nc1ccc(-c2ccccc2)cc1)NC1C2CC3CC(C2)CC1C3. The van der Waals surface area contributed by atoms with Crippen LogP contribution in [0.1, 0.15) is 32.1 Å². The van der Waals surface area contributed by atoms with Gasteiger partial charge in [-0.1, -0.05) is 42.5 Å². The number of anilines is 1. The Balaban J connectivity index is 1.22. The van der Waals surface area contributed by atoms with Gasteiger partial charge in [-0.05, 0) is 79.0 Å². The Hall–Kier alpha value is -2.29. The zero-order valence-corrected chi connectivity index (χ0v) is 15.0. The average molecular weight is 346 g/mol.